The lowest BCUT2D eigenvalue weighted by Crippen LogP contribution is -2.25. The fourth-order valence-electron chi connectivity index (χ4n) is 2.60. The molecule has 1 N–H and O–H groups in total. The van der Waals surface area contributed by atoms with Gasteiger partial charge in [-0.1, -0.05) is 12.1 Å². The van der Waals surface area contributed by atoms with Crippen LogP contribution in [0.15, 0.2) is 24.3 Å². The summed E-state index contributed by atoms with van der Waals surface area (Å²) in [7, 11) is 0. The third-order valence-corrected chi connectivity index (χ3v) is 3.68. The van der Waals surface area contributed by atoms with Crippen LogP contribution in [0.3, 0.4) is 0 Å². The summed E-state index contributed by atoms with van der Waals surface area (Å²) in [5, 5.41) is 17.6. The standard InChI is InChI=1S/C15H17N3O3/c19-15(20)13-14(21-10-9-18-7-3-4-8-18)11-5-1-2-6-12(11)16-17-13/h1-2,5-6H,3-4,7-10H2,(H,19,20). The predicted octanol–water partition coefficient (Wildman–Crippen LogP) is 1.80. The van der Waals surface area contributed by atoms with Crippen molar-refractivity contribution in [1.82, 2.24) is 15.1 Å². The van der Waals surface area contributed by atoms with E-state index in [9.17, 15) is 9.90 Å². The molecule has 1 aliphatic rings. The highest BCUT2D eigenvalue weighted by Gasteiger charge is 2.18. The summed E-state index contributed by atoms with van der Waals surface area (Å²) in [6.45, 7) is 3.43. The minimum atomic E-state index is -1.12. The van der Waals surface area contributed by atoms with E-state index in [1.807, 2.05) is 18.2 Å². The molecule has 1 saturated heterocycles. The van der Waals surface area contributed by atoms with Crippen molar-refractivity contribution >= 4 is 16.9 Å². The monoisotopic (exact) mass is 287 g/mol. The Kier molecular flexibility index (Phi) is 3.96. The Bertz CT molecular complexity index is 654. The summed E-state index contributed by atoms with van der Waals surface area (Å²) in [4.78, 5) is 13.6. The Morgan fingerprint density at radius 2 is 2.00 bits per heavy atom. The van der Waals surface area contributed by atoms with E-state index in [0.717, 1.165) is 19.6 Å². The van der Waals surface area contributed by atoms with E-state index in [1.165, 1.54) is 12.8 Å². The number of aromatic carboxylic acids is 1. The molecule has 1 fully saturated rings. The Labute approximate surface area is 122 Å². The van der Waals surface area contributed by atoms with Crippen molar-refractivity contribution in [3.05, 3.63) is 30.0 Å². The van der Waals surface area contributed by atoms with Gasteiger partial charge in [0.05, 0.1) is 5.52 Å². The maximum Gasteiger partial charge on any atom is 0.360 e. The molecule has 0 amide bonds. The van der Waals surface area contributed by atoms with Gasteiger partial charge in [-0.2, -0.15) is 0 Å². The van der Waals surface area contributed by atoms with Gasteiger partial charge in [0.2, 0.25) is 5.69 Å². The zero-order valence-electron chi connectivity index (χ0n) is 11.7. The number of carbonyl (C=O) groups is 1. The molecule has 1 aliphatic heterocycles. The summed E-state index contributed by atoms with van der Waals surface area (Å²) in [6.07, 6.45) is 2.44. The van der Waals surface area contributed by atoms with Crippen molar-refractivity contribution in [2.45, 2.75) is 12.8 Å². The first-order valence-electron chi connectivity index (χ1n) is 7.09. The number of nitrogens with zero attached hydrogens (tertiary/aromatic N) is 3. The van der Waals surface area contributed by atoms with Crippen LogP contribution >= 0.6 is 0 Å². The minimum absolute atomic E-state index is 0.130. The van der Waals surface area contributed by atoms with Crippen LogP contribution < -0.4 is 4.74 Å². The number of benzene rings is 1. The Hall–Kier alpha value is -2.21. The average molecular weight is 287 g/mol. The van der Waals surface area contributed by atoms with Crippen LogP contribution in [0.25, 0.3) is 10.9 Å². The minimum Gasteiger partial charge on any atom is -0.489 e. The van der Waals surface area contributed by atoms with Crippen molar-refractivity contribution in [3.63, 3.8) is 0 Å². The third kappa shape index (κ3) is 2.95. The lowest BCUT2D eigenvalue weighted by Gasteiger charge is -2.16. The van der Waals surface area contributed by atoms with Gasteiger partial charge in [-0.15, -0.1) is 10.2 Å². The summed E-state index contributed by atoms with van der Waals surface area (Å²) in [5.41, 5.74) is 0.508. The molecular formula is C15H17N3O3. The second kappa shape index (κ2) is 6.05. The number of hydrogen-bond acceptors (Lipinski definition) is 5. The van der Waals surface area contributed by atoms with E-state index in [0.29, 0.717) is 23.3 Å². The summed E-state index contributed by atoms with van der Waals surface area (Å²) in [5.74, 6) is -0.809. The lowest BCUT2D eigenvalue weighted by molar-refractivity contribution is 0.0684. The van der Waals surface area contributed by atoms with Gasteiger partial charge in [-0.25, -0.2) is 4.79 Å². The SMILES string of the molecule is O=C(O)c1nnc2ccccc2c1OCCN1CCCC1. The molecule has 0 spiro atoms. The quantitative estimate of drug-likeness (QED) is 0.903. The van der Waals surface area contributed by atoms with E-state index in [2.05, 4.69) is 15.1 Å². The molecule has 1 aromatic heterocycles. The van der Waals surface area contributed by atoms with Crippen molar-refractivity contribution < 1.29 is 14.6 Å². The fourth-order valence-corrected chi connectivity index (χ4v) is 2.60. The summed E-state index contributed by atoms with van der Waals surface area (Å²) in [6, 6.07) is 7.28. The maximum absolute atomic E-state index is 11.3. The molecule has 0 aliphatic carbocycles. The van der Waals surface area contributed by atoms with Crippen molar-refractivity contribution in [2.24, 2.45) is 0 Å². The molecule has 0 unspecified atom stereocenters. The molecule has 0 saturated carbocycles. The third-order valence-electron chi connectivity index (χ3n) is 3.68. The van der Waals surface area contributed by atoms with E-state index in [-0.39, 0.29) is 5.69 Å². The second-order valence-electron chi connectivity index (χ2n) is 5.10. The number of fused-ring (bicyclic) bond motifs is 1. The first kappa shape index (κ1) is 13.8. The van der Waals surface area contributed by atoms with Gasteiger partial charge >= 0.3 is 5.97 Å². The number of ether oxygens (including phenoxy) is 1. The van der Waals surface area contributed by atoms with Gasteiger partial charge in [0, 0.05) is 11.9 Å². The average Bonchev–Trinajstić information content (AvgIpc) is 3.00. The number of hydrogen-bond donors (Lipinski definition) is 1. The van der Waals surface area contributed by atoms with Crippen molar-refractivity contribution in [2.75, 3.05) is 26.2 Å². The molecule has 1 aromatic carbocycles. The Balaban J connectivity index is 1.83. The van der Waals surface area contributed by atoms with Gasteiger partial charge in [0.15, 0.2) is 5.75 Å². The van der Waals surface area contributed by atoms with Gasteiger partial charge in [0.25, 0.3) is 0 Å². The normalized spacial score (nSPS) is 15.4. The zero-order valence-corrected chi connectivity index (χ0v) is 11.7. The Morgan fingerprint density at radius 1 is 1.24 bits per heavy atom. The molecule has 2 heterocycles. The summed E-state index contributed by atoms with van der Waals surface area (Å²) >= 11 is 0. The predicted molar refractivity (Wildman–Crippen MR) is 77.7 cm³/mol. The van der Waals surface area contributed by atoms with E-state index in [1.54, 1.807) is 6.07 Å². The first-order chi connectivity index (χ1) is 10.3. The molecule has 0 bridgehead atoms. The number of carboxylic acids is 1. The van der Waals surface area contributed by atoms with Gasteiger partial charge < -0.3 is 9.84 Å². The highest BCUT2D eigenvalue weighted by Crippen LogP contribution is 2.26. The van der Waals surface area contributed by atoms with Crippen LogP contribution in [0.1, 0.15) is 23.3 Å². The number of likely N-dealkylation sites (tertiary alicyclic amines) is 1. The molecular weight excluding hydrogens is 270 g/mol. The highest BCUT2D eigenvalue weighted by molar-refractivity contribution is 5.96. The van der Waals surface area contributed by atoms with Gasteiger partial charge in [-0.05, 0) is 38.1 Å². The topological polar surface area (TPSA) is 75.5 Å². The van der Waals surface area contributed by atoms with E-state index in [4.69, 9.17) is 4.74 Å². The van der Waals surface area contributed by atoms with E-state index < -0.39 is 5.97 Å². The van der Waals surface area contributed by atoms with Crippen molar-refractivity contribution in [1.29, 1.82) is 0 Å². The molecule has 6 heteroatoms. The van der Waals surface area contributed by atoms with Crippen LogP contribution in [0.5, 0.6) is 5.75 Å². The molecule has 0 radical (unpaired) electrons. The Morgan fingerprint density at radius 3 is 2.76 bits per heavy atom. The zero-order chi connectivity index (χ0) is 14.7. The van der Waals surface area contributed by atoms with Crippen LogP contribution in [0.2, 0.25) is 0 Å². The van der Waals surface area contributed by atoms with Gasteiger partial charge in [-0.3, -0.25) is 4.90 Å². The number of rotatable bonds is 5. The maximum atomic E-state index is 11.3. The lowest BCUT2D eigenvalue weighted by atomic mass is 10.2. The molecule has 110 valence electrons. The number of carboxylic acid groups (broad SMARTS) is 1. The molecule has 21 heavy (non-hydrogen) atoms. The van der Waals surface area contributed by atoms with Crippen LogP contribution in [-0.4, -0.2) is 52.4 Å². The van der Waals surface area contributed by atoms with Crippen LogP contribution in [0.4, 0.5) is 0 Å². The van der Waals surface area contributed by atoms with E-state index >= 15 is 0 Å². The van der Waals surface area contributed by atoms with Crippen molar-refractivity contribution in [3.8, 4) is 5.75 Å². The molecule has 2 aromatic rings. The molecule has 0 atom stereocenters. The largest absolute Gasteiger partial charge is 0.489 e. The van der Waals surface area contributed by atoms with Crippen LogP contribution in [0, 0.1) is 0 Å². The first-order valence-corrected chi connectivity index (χ1v) is 7.09. The highest BCUT2D eigenvalue weighted by atomic mass is 16.5. The fraction of sp³-hybridized carbons (Fsp3) is 0.400. The molecule has 3 rings (SSSR count). The smallest absolute Gasteiger partial charge is 0.360 e. The van der Waals surface area contributed by atoms with Crippen LogP contribution in [-0.2, 0) is 0 Å². The second-order valence-corrected chi connectivity index (χ2v) is 5.10. The summed E-state index contributed by atoms with van der Waals surface area (Å²) < 4.78 is 5.75. The molecule has 6 nitrogen and oxygen atoms in total. The number of aromatic nitrogens is 2. The van der Waals surface area contributed by atoms with Gasteiger partial charge in [0.1, 0.15) is 6.61 Å².